The van der Waals surface area contributed by atoms with Crippen LogP contribution in [-0.2, 0) is 34.8 Å². The van der Waals surface area contributed by atoms with Crippen molar-refractivity contribution < 1.29 is 13.2 Å². The first kappa shape index (κ1) is 22.3. The molecule has 2 N–H and O–H groups in total. The molecule has 2 heterocycles. The first-order valence-corrected chi connectivity index (χ1v) is 12.3. The van der Waals surface area contributed by atoms with Gasteiger partial charge >= 0.3 is 0 Å². The fraction of sp³-hybridized carbons (Fsp3) is 0.353. The lowest BCUT2D eigenvalue weighted by Gasteiger charge is -2.07. The molecule has 1 aromatic carbocycles. The van der Waals surface area contributed by atoms with Gasteiger partial charge in [0.1, 0.15) is 10.8 Å². The average molecular weight is 468 g/mol. The van der Waals surface area contributed by atoms with Crippen molar-refractivity contribution in [1.82, 2.24) is 29.7 Å². The average Bonchev–Trinajstić information content (AvgIpc) is 3.31. The second-order valence-corrected chi connectivity index (χ2v) is 10.1. The van der Waals surface area contributed by atoms with Crippen LogP contribution in [0, 0.1) is 6.92 Å². The van der Waals surface area contributed by atoms with Gasteiger partial charge in [-0.15, -0.1) is 20.4 Å². The summed E-state index contributed by atoms with van der Waals surface area (Å²) in [6, 6.07) is 6.58. The van der Waals surface area contributed by atoms with E-state index in [-0.39, 0.29) is 23.1 Å². The van der Waals surface area contributed by atoms with Crippen LogP contribution in [0.25, 0.3) is 0 Å². The maximum atomic E-state index is 12.4. The Morgan fingerprint density at radius 2 is 1.90 bits per heavy atom. The largest absolute Gasteiger partial charge is 0.308 e. The molecule has 3 rings (SSSR count). The number of carbonyl (C=O) groups excluding carboxylic acids is 1. The predicted molar refractivity (Wildman–Crippen MR) is 115 cm³/mol. The van der Waals surface area contributed by atoms with E-state index in [4.69, 9.17) is 0 Å². The number of hydrogen-bond donors (Lipinski definition) is 2. The molecule has 0 spiro atoms. The molecule has 0 saturated heterocycles. The lowest BCUT2D eigenvalue weighted by atomic mass is 10.2. The van der Waals surface area contributed by atoms with Crippen LogP contribution >= 0.6 is 23.1 Å². The molecular formula is C17H21N7O3S3. The van der Waals surface area contributed by atoms with Crippen molar-refractivity contribution in [3.63, 3.8) is 0 Å². The third-order valence-electron chi connectivity index (χ3n) is 4.02. The van der Waals surface area contributed by atoms with Crippen LogP contribution in [-0.4, -0.2) is 45.0 Å². The molecule has 0 saturated carbocycles. The fourth-order valence-electron chi connectivity index (χ4n) is 2.32. The van der Waals surface area contributed by atoms with E-state index >= 15 is 0 Å². The van der Waals surface area contributed by atoms with Crippen molar-refractivity contribution in [2.24, 2.45) is 7.05 Å². The van der Waals surface area contributed by atoms with Crippen molar-refractivity contribution in [3.05, 3.63) is 40.7 Å². The summed E-state index contributed by atoms with van der Waals surface area (Å²) in [5.74, 6) is 0.316. The molecule has 30 heavy (non-hydrogen) atoms. The topological polar surface area (TPSA) is 132 Å². The van der Waals surface area contributed by atoms with E-state index in [1.807, 2.05) is 13.8 Å². The van der Waals surface area contributed by atoms with Crippen molar-refractivity contribution in [3.8, 4) is 0 Å². The van der Waals surface area contributed by atoms with Gasteiger partial charge in [-0.25, -0.2) is 13.1 Å². The third-order valence-corrected chi connectivity index (χ3v) is 7.45. The zero-order valence-corrected chi connectivity index (χ0v) is 19.1. The van der Waals surface area contributed by atoms with Crippen LogP contribution in [0.15, 0.2) is 34.3 Å². The van der Waals surface area contributed by atoms with Gasteiger partial charge in [0, 0.05) is 7.05 Å². The van der Waals surface area contributed by atoms with E-state index in [9.17, 15) is 13.2 Å². The number of sulfonamides is 1. The Kier molecular flexibility index (Phi) is 7.18. The Morgan fingerprint density at radius 3 is 2.57 bits per heavy atom. The highest BCUT2D eigenvalue weighted by Gasteiger charge is 2.17. The normalized spacial score (nSPS) is 11.6. The third kappa shape index (κ3) is 5.62. The summed E-state index contributed by atoms with van der Waals surface area (Å²) in [4.78, 5) is 12.3. The standard InChI is InChI=1S/C17H21N7O3S3/c1-4-15-21-22-16(29-15)19-14(25)10-28-17-23-20-13(24(17)3)9-18-30(26,27)12-7-5-11(2)6-8-12/h5-8,18H,4,9-10H2,1-3H3,(H,19,22,25). The maximum absolute atomic E-state index is 12.4. The van der Waals surface area contributed by atoms with E-state index in [1.165, 1.54) is 23.1 Å². The molecule has 2 aromatic heterocycles. The highest BCUT2D eigenvalue weighted by atomic mass is 32.2. The smallest absolute Gasteiger partial charge is 0.240 e. The van der Waals surface area contributed by atoms with E-state index < -0.39 is 10.0 Å². The van der Waals surface area contributed by atoms with Gasteiger partial charge < -0.3 is 4.57 Å². The van der Waals surface area contributed by atoms with Crippen molar-refractivity contribution in [2.75, 3.05) is 11.1 Å². The second kappa shape index (κ2) is 9.64. The Morgan fingerprint density at radius 1 is 1.17 bits per heavy atom. The number of benzene rings is 1. The molecule has 0 aliphatic carbocycles. The maximum Gasteiger partial charge on any atom is 0.240 e. The number of nitrogens with one attached hydrogen (secondary N) is 2. The number of rotatable bonds is 9. The van der Waals surface area contributed by atoms with E-state index in [0.717, 1.165) is 17.0 Å². The van der Waals surface area contributed by atoms with Gasteiger partial charge in [0.05, 0.1) is 17.2 Å². The first-order chi connectivity index (χ1) is 14.3. The van der Waals surface area contributed by atoms with Crippen LogP contribution in [0.5, 0.6) is 0 Å². The quantitative estimate of drug-likeness (QED) is 0.455. The van der Waals surface area contributed by atoms with Crippen LogP contribution in [0.1, 0.15) is 23.3 Å². The number of amides is 1. The van der Waals surface area contributed by atoms with E-state index in [2.05, 4.69) is 30.4 Å². The van der Waals surface area contributed by atoms with Crippen LogP contribution in [0.4, 0.5) is 5.13 Å². The summed E-state index contributed by atoms with van der Waals surface area (Å²) in [5.41, 5.74) is 0.977. The second-order valence-electron chi connectivity index (χ2n) is 6.29. The molecule has 0 bridgehead atoms. The zero-order valence-electron chi connectivity index (χ0n) is 16.6. The fourth-order valence-corrected chi connectivity index (χ4v) is 4.72. The molecule has 1 amide bonds. The summed E-state index contributed by atoms with van der Waals surface area (Å²) < 4.78 is 29.0. The number of carbonyl (C=O) groups is 1. The Bertz CT molecular complexity index is 1120. The SMILES string of the molecule is CCc1nnc(NC(=O)CSc2nnc(CNS(=O)(=O)c3ccc(C)cc3)n2C)s1. The van der Waals surface area contributed by atoms with E-state index in [0.29, 0.717) is 16.1 Å². The molecule has 0 atom stereocenters. The summed E-state index contributed by atoms with van der Waals surface area (Å²) in [6.07, 6.45) is 0.762. The van der Waals surface area contributed by atoms with Crippen LogP contribution < -0.4 is 10.0 Å². The summed E-state index contributed by atoms with van der Waals surface area (Å²) in [5, 5.41) is 20.4. The molecule has 10 nitrogen and oxygen atoms in total. The number of anilines is 1. The number of nitrogens with zero attached hydrogens (tertiary/aromatic N) is 5. The van der Waals surface area contributed by atoms with Crippen molar-refractivity contribution >= 4 is 44.2 Å². The Hall–Kier alpha value is -2.35. The lowest BCUT2D eigenvalue weighted by molar-refractivity contribution is -0.113. The molecule has 13 heteroatoms. The Balaban J connectivity index is 1.55. The number of hydrogen-bond acceptors (Lipinski definition) is 9. The van der Waals surface area contributed by atoms with Gasteiger partial charge in [0.2, 0.25) is 21.1 Å². The first-order valence-electron chi connectivity index (χ1n) is 8.98. The van der Waals surface area contributed by atoms with Gasteiger partial charge in [-0.05, 0) is 25.5 Å². The van der Waals surface area contributed by atoms with Gasteiger partial charge in [0.15, 0.2) is 5.16 Å². The van der Waals surface area contributed by atoms with Gasteiger partial charge in [-0.3, -0.25) is 10.1 Å². The Labute approximate surface area is 182 Å². The molecule has 0 aliphatic rings. The summed E-state index contributed by atoms with van der Waals surface area (Å²) in [7, 11) is -1.94. The predicted octanol–water partition coefficient (Wildman–Crippen LogP) is 1.75. The molecule has 0 aliphatic heterocycles. The van der Waals surface area contributed by atoms with E-state index in [1.54, 1.807) is 35.9 Å². The summed E-state index contributed by atoms with van der Waals surface area (Å²) in [6.45, 7) is 3.84. The van der Waals surface area contributed by atoms with Crippen molar-refractivity contribution in [1.29, 1.82) is 0 Å². The highest BCUT2D eigenvalue weighted by Crippen LogP contribution is 2.19. The summed E-state index contributed by atoms with van der Waals surface area (Å²) >= 11 is 2.53. The van der Waals surface area contributed by atoms with Crippen molar-refractivity contribution in [2.45, 2.75) is 36.9 Å². The molecule has 0 fully saturated rings. The lowest BCUT2D eigenvalue weighted by Crippen LogP contribution is -2.24. The minimum atomic E-state index is -3.66. The molecular weight excluding hydrogens is 446 g/mol. The van der Waals surface area contributed by atoms with Gasteiger partial charge in [0.25, 0.3) is 0 Å². The van der Waals surface area contributed by atoms with Gasteiger partial charge in [-0.1, -0.05) is 47.7 Å². The van der Waals surface area contributed by atoms with Gasteiger partial charge in [-0.2, -0.15) is 0 Å². The zero-order chi connectivity index (χ0) is 21.7. The minimum Gasteiger partial charge on any atom is -0.308 e. The monoisotopic (exact) mass is 467 g/mol. The molecule has 0 radical (unpaired) electrons. The molecule has 3 aromatic rings. The minimum absolute atomic E-state index is 0.0168. The number of aromatic nitrogens is 5. The van der Waals surface area contributed by atoms with Crippen LogP contribution in [0.3, 0.4) is 0 Å². The number of thioether (sulfide) groups is 1. The number of aryl methyl sites for hydroxylation is 2. The highest BCUT2D eigenvalue weighted by molar-refractivity contribution is 7.99. The van der Waals surface area contributed by atoms with Crippen LogP contribution in [0.2, 0.25) is 0 Å². The molecule has 160 valence electrons. The molecule has 0 unspecified atom stereocenters.